The lowest BCUT2D eigenvalue weighted by Gasteiger charge is -2.34. The smallest absolute Gasteiger partial charge is 0.0897 e. The maximum Gasteiger partial charge on any atom is 0.0897 e. The monoisotopic (exact) mass is 534 g/mol. The van der Waals surface area contributed by atoms with Gasteiger partial charge in [-0.3, -0.25) is 0 Å². The van der Waals surface area contributed by atoms with E-state index >= 15 is 0 Å². The van der Waals surface area contributed by atoms with Gasteiger partial charge in [-0.05, 0) is 54.2 Å². The molecule has 0 amide bonds. The second-order valence-electron chi connectivity index (χ2n) is 6.15. The van der Waals surface area contributed by atoms with E-state index in [4.69, 9.17) is 0 Å². The summed E-state index contributed by atoms with van der Waals surface area (Å²) in [4.78, 5) is 1.97. The summed E-state index contributed by atoms with van der Waals surface area (Å²) in [6.45, 7) is 2.10. The molecule has 1 aliphatic carbocycles. The molecule has 0 unspecified atom stereocenters. The average molecular weight is 534 g/mol. The Bertz CT molecular complexity index is 597. The average Bonchev–Trinajstić information content (AvgIpc) is 2.60. The summed E-state index contributed by atoms with van der Waals surface area (Å²) in [5, 5.41) is 10.9. The Hall–Kier alpha value is -0.140. The van der Waals surface area contributed by atoms with Crippen molar-refractivity contribution in [2.75, 3.05) is 4.93 Å². The van der Waals surface area contributed by atoms with Crippen LogP contribution in [0.25, 0.3) is 11.1 Å². The summed E-state index contributed by atoms with van der Waals surface area (Å²) in [5.74, 6) is 0. The van der Waals surface area contributed by atoms with Gasteiger partial charge in [-0.1, -0.05) is 99.3 Å². The van der Waals surface area contributed by atoms with Crippen LogP contribution in [0.3, 0.4) is 0 Å². The quantitative estimate of drug-likeness (QED) is 0.356. The molecule has 1 fully saturated rings. The molecule has 0 bridgehead atoms. The minimum absolute atomic E-state index is 0.618. The van der Waals surface area contributed by atoms with Crippen LogP contribution >= 0.6 is 45.2 Å². The SMILES string of the molecule is CI.Cc1ccc(-c2ccc(C3(O)CCC(I)CC3)cc2)cc1. The molecule has 124 valence electrons. The Morgan fingerprint density at radius 3 is 1.78 bits per heavy atom. The van der Waals surface area contributed by atoms with Gasteiger partial charge in [0.25, 0.3) is 0 Å². The first-order valence-corrected chi connectivity index (χ1v) is 11.4. The summed E-state index contributed by atoms with van der Waals surface area (Å²) in [6.07, 6.45) is 3.97. The summed E-state index contributed by atoms with van der Waals surface area (Å²) < 4.78 is 0.717. The van der Waals surface area contributed by atoms with Crippen molar-refractivity contribution in [2.24, 2.45) is 0 Å². The van der Waals surface area contributed by atoms with Gasteiger partial charge in [-0.2, -0.15) is 0 Å². The number of hydrogen-bond donors (Lipinski definition) is 1. The van der Waals surface area contributed by atoms with Crippen LogP contribution in [-0.2, 0) is 5.60 Å². The van der Waals surface area contributed by atoms with Crippen LogP contribution in [0.5, 0.6) is 0 Å². The van der Waals surface area contributed by atoms with E-state index in [0.29, 0.717) is 0 Å². The molecule has 1 aliphatic rings. The van der Waals surface area contributed by atoms with E-state index in [9.17, 15) is 5.11 Å². The van der Waals surface area contributed by atoms with E-state index in [-0.39, 0.29) is 0 Å². The van der Waals surface area contributed by atoms with Gasteiger partial charge in [-0.15, -0.1) is 0 Å². The lowest BCUT2D eigenvalue weighted by atomic mass is 9.79. The van der Waals surface area contributed by atoms with Gasteiger partial charge in [-0.25, -0.2) is 0 Å². The van der Waals surface area contributed by atoms with Crippen molar-refractivity contribution >= 4 is 45.2 Å². The van der Waals surface area contributed by atoms with Gasteiger partial charge in [0, 0.05) is 3.92 Å². The van der Waals surface area contributed by atoms with E-state index in [0.717, 1.165) is 35.2 Å². The predicted octanol–water partition coefficient (Wildman–Crippen LogP) is 6.28. The third-order valence-corrected chi connectivity index (χ3v) is 5.80. The first-order chi connectivity index (χ1) is 11.1. The third-order valence-electron chi connectivity index (χ3n) is 4.55. The summed E-state index contributed by atoms with van der Waals surface area (Å²) >= 11 is 4.65. The van der Waals surface area contributed by atoms with E-state index in [2.05, 4.69) is 101 Å². The van der Waals surface area contributed by atoms with Crippen molar-refractivity contribution in [3.05, 3.63) is 59.7 Å². The van der Waals surface area contributed by atoms with Gasteiger partial charge >= 0.3 is 0 Å². The molecule has 0 heterocycles. The second kappa shape index (κ2) is 8.81. The summed E-state index contributed by atoms with van der Waals surface area (Å²) in [6, 6.07) is 17.0. The van der Waals surface area contributed by atoms with Crippen LogP contribution in [0.4, 0.5) is 0 Å². The van der Waals surface area contributed by atoms with E-state index < -0.39 is 5.60 Å². The predicted molar refractivity (Wildman–Crippen MR) is 117 cm³/mol. The van der Waals surface area contributed by atoms with Crippen LogP contribution in [0.15, 0.2) is 48.5 Å². The van der Waals surface area contributed by atoms with Crippen molar-refractivity contribution in [2.45, 2.75) is 42.1 Å². The standard InChI is InChI=1S/C19H21IO.CH3I/c1-14-2-4-15(5-3-14)16-6-8-17(9-7-16)19(21)12-10-18(20)11-13-19;1-2/h2-9,18,21H,10-13H2,1H3;1H3. The molecule has 1 saturated carbocycles. The lowest BCUT2D eigenvalue weighted by Crippen LogP contribution is -2.31. The molecule has 0 radical (unpaired) electrons. The summed E-state index contributed by atoms with van der Waals surface area (Å²) in [7, 11) is 0. The zero-order valence-corrected chi connectivity index (χ0v) is 18.0. The van der Waals surface area contributed by atoms with Crippen molar-refractivity contribution in [3.8, 4) is 11.1 Å². The van der Waals surface area contributed by atoms with Crippen molar-refractivity contribution in [1.29, 1.82) is 0 Å². The second-order valence-corrected chi connectivity index (χ2v) is 7.91. The fraction of sp³-hybridized carbons (Fsp3) is 0.400. The third kappa shape index (κ3) is 4.92. The maximum atomic E-state index is 10.9. The van der Waals surface area contributed by atoms with E-state index in [1.165, 1.54) is 16.7 Å². The first kappa shape index (κ1) is 19.2. The van der Waals surface area contributed by atoms with Crippen LogP contribution in [0, 0.1) is 6.92 Å². The Balaban J connectivity index is 0.000000924. The van der Waals surface area contributed by atoms with Crippen molar-refractivity contribution < 1.29 is 5.11 Å². The number of halogens is 2. The highest BCUT2D eigenvalue weighted by Crippen LogP contribution is 2.39. The minimum atomic E-state index is -0.618. The molecule has 0 saturated heterocycles. The Morgan fingerprint density at radius 1 is 0.870 bits per heavy atom. The molecule has 2 aromatic carbocycles. The molecule has 1 nitrogen and oxygen atoms in total. The van der Waals surface area contributed by atoms with Crippen molar-refractivity contribution in [3.63, 3.8) is 0 Å². The van der Waals surface area contributed by atoms with Gasteiger partial charge < -0.3 is 5.11 Å². The fourth-order valence-electron chi connectivity index (χ4n) is 3.07. The number of aryl methyl sites for hydroxylation is 1. The number of alkyl halides is 2. The molecule has 1 N–H and O–H groups in total. The molecule has 0 spiro atoms. The van der Waals surface area contributed by atoms with Crippen molar-refractivity contribution in [1.82, 2.24) is 0 Å². The molecule has 3 heteroatoms. The Morgan fingerprint density at radius 2 is 1.30 bits per heavy atom. The molecule has 0 aromatic heterocycles. The minimum Gasteiger partial charge on any atom is -0.385 e. The molecule has 3 rings (SSSR count). The number of benzene rings is 2. The van der Waals surface area contributed by atoms with Gasteiger partial charge in [0.05, 0.1) is 5.60 Å². The number of hydrogen-bond acceptors (Lipinski definition) is 1. The zero-order chi connectivity index (χ0) is 16.9. The highest BCUT2D eigenvalue weighted by Gasteiger charge is 2.33. The van der Waals surface area contributed by atoms with E-state index in [1.54, 1.807) is 0 Å². The highest BCUT2D eigenvalue weighted by molar-refractivity contribution is 14.1. The molecular weight excluding hydrogens is 510 g/mol. The molecule has 23 heavy (non-hydrogen) atoms. The maximum absolute atomic E-state index is 10.9. The topological polar surface area (TPSA) is 20.2 Å². The number of aliphatic hydroxyl groups is 1. The molecule has 0 atom stereocenters. The van der Waals surface area contributed by atoms with Gasteiger partial charge in [0.1, 0.15) is 0 Å². The van der Waals surface area contributed by atoms with E-state index in [1.807, 2.05) is 4.93 Å². The normalized spacial score (nSPS) is 23.8. The number of rotatable bonds is 2. The Labute approximate surface area is 167 Å². The molecule has 0 aliphatic heterocycles. The molecule has 2 aromatic rings. The fourth-order valence-corrected chi connectivity index (χ4v) is 3.69. The molecular formula is C20H24I2O. The zero-order valence-electron chi connectivity index (χ0n) is 13.7. The van der Waals surface area contributed by atoms with Crippen LogP contribution in [-0.4, -0.2) is 14.0 Å². The van der Waals surface area contributed by atoms with Crippen LogP contribution < -0.4 is 0 Å². The first-order valence-electron chi connectivity index (χ1n) is 7.99. The van der Waals surface area contributed by atoms with Gasteiger partial charge in [0.2, 0.25) is 0 Å². The lowest BCUT2D eigenvalue weighted by molar-refractivity contribution is 0.00190. The Kier molecular flexibility index (Phi) is 7.35. The summed E-state index contributed by atoms with van der Waals surface area (Å²) in [5.41, 5.74) is 4.18. The van der Waals surface area contributed by atoms with Crippen LogP contribution in [0.1, 0.15) is 36.8 Å². The van der Waals surface area contributed by atoms with Crippen LogP contribution in [0.2, 0.25) is 0 Å². The largest absolute Gasteiger partial charge is 0.385 e. The van der Waals surface area contributed by atoms with Gasteiger partial charge in [0.15, 0.2) is 0 Å². The highest BCUT2D eigenvalue weighted by atomic mass is 127.